The van der Waals surface area contributed by atoms with Crippen LogP contribution in [-0.2, 0) is 19.1 Å². The topological polar surface area (TPSA) is 52.6 Å². The highest BCUT2D eigenvalue weighted by Crippen LogP contribution is 2.19. The third-order valence-electron chi connectivity index (χ3n) is 2.30. The van der Waals surface area contributed by atoms with E-state index in [0.717, 1.165) is 0 Å². The van der Waals surface area contributed by atoms with Gasteiger partial charge >= 0.3 is 11.9 Å². The molecule has 1 heterocycles. The summed E-state index contributed by atoms with van der Waals surface area (Å²) < 4.78 is 14.1. The molecule has 20 heavy (non-hydrogen) atoms. The number of esters is 2. The van der Waals surface area contributed by atoms with E-state index in [-0.39, 0.29) is 32.6 Å². The lowest BCUT2D eigenvalue weighted by Crippen LogP contribution is -2.19. The molecule has 112 valence electrons. The van der Waals surface area contributed by atoms with E-state index in [1.807, 2.05) is 35.8 Å². The first-order valence-electron chi connectivity index (χ1n) is 6.62. The van der Waals surface area contributed by atoms with Crippen LogP contribution in [0.1, 0.15) is 27.7 Å². The molecule has 0 bridgehead atoms. The molecule has 0 N–H and O–H groups in total. The molecule has 0 saturated carbocycles. The van der Waals surface area contributed by atoms with Gasteiger partial charge in [0.25, 0.3) is 0 Å². The largest absolute Gasteiger partial charge is 0.462 e. The van der Waals surface area contributed by atoms with Crippen molar-refractivity contribution in [3.63, 3.8) is 0 Å². The van der Waals surface area contributed by atoms with Gasteiger partial charge in [0.15, 0.2) is 0 Å². The zero-order valence-electron chi connectivity index (χ0n) is 12.3. The fraction of sp³-hybridized carbons (Fsp3) is 0.533. The Morgan fingerprint density at radius 3 is 2.00 bits per heavy atom. The molecule has 0 aliphatic carbocycles. The normalized spacial score (nSPS) is 14.5. The number of halogens is 1. The second-order valence-corrected chi connectivity index (χ2v) is 7.40. The lowest BCUT2D eigenvalue weighted by atomic mass is 10.1. The van der Waals surface area contributed by atoms with Crippen LogP contribution >= 0.6 is 20.7 Å². The summed E-state index contributed by atoms with van der Waals surface area (Å²) in [6.07, 6.45) is 1.68. The maximum Gasteiger partial charge on any atom is 0.339 e. The van der Waals surface area contributed by atoms with Gasteiger partial charge in [-0.25, -0.2) is 9.59 Å². The average molecular weight is 392 g/mol. The molecule has 0 aromatic carbocycles. The van der Waals surface area contributed by atoms with E-state index in [1.165, 1.54) is 0 Å². The van der Waals surface area contributed by atoms with Crippen LogP contribution in [0.4, 0.5) is 0 Å². The minimum Gasteiger partial charge on any atom is -0.462 e. The van der Waals surface area contributed by atoms with Gasteiger partial charge < -0.3 is 9.47 Å². The molecule has 0 amide bonds. The van der Waals surface area contributed by atoms with Crippen LogP contribution in [0.3, 0.4) is 0 Å². The molecule has 0 aromatic rings. The van der Waals surface area contributed by atoms with Gasteiger partial charge in [0, 0.05) is 0 Å². The lowest BCUT2D eigenvalue weighted by molar-refractivity contribution is -0.142. The minimum absolute atomic E-state index is 0.264. The van der Waals surface area contributed by atoms with E-state index in [9.17, 15) is 9.59 Å². The Labute approximate surface area is 130 Å². The van der Waals surface area contributed by atoms with Crippen molar-refractivity contribution in [2.75, 3.05) is 13.2 Å². The quantitative estimate of drug-likeness (QED) is 0.515. The first-order chi connectivity index (χ1) is 9.41. The Morgan fingerprint density at radius 1 is 1.00 bits per heavy atom. The molecule has 5 heteroatoms. The Bertz CT molecular complexity index is 416. The van der Waals surface area contributed by atoms with Crippen LogP contribution in [0, 0.1) is 11.8 Å². The van der Waals surface area contributed by atoms with Crippen LogP contribution in [0.2, 0.25) is 0 Å². The monoisotopic (exact) mass is 392 g/mol. The third kappa shape index (κ3) is 5.56. The summed E-state index contributed by atoms with van der Waals surface area (Å²) in [5.74, 6) is -0.352. The van der Waals surface area contributed by atoms with Gasteiger partial charge in [-0.05, 0) is 26.0 Å². The van der Waals surface area contributed by atoms with Gasteiger partial charge in [-0.1, -0.05) is 48.4 Å². The highest BCUT2D eigenvalue weighted by molar-refractivity contribution is 14.2. The van der Waals surface area contributed by atoms with Crippen molar-refractivity contribution in [2.24, 2.45) is 11.8 Å². The Kier molecular flexibility index (Phi) is 7.12. The van der Waals surface area contributed by atoms with Crippen molar-refractivity contribution >= 4 is 36.7 Å². The predicted octanol–water partition coefficient (Wildman–Crippen LogP) is 2.98. The van der Waals surface area contributed by atoms with E-state index >= 15 is 0 Å². The van der Waals surface area contributed by atoms with E-state index in [2.05, 4.69) is 0 Å². The number of ether oxygens (including phenoxy) is 2. The van der Waals surface area contributed by atoms with Gasteiger partial charge in [-0.3, -0.25) is 0 Å². The highest BCUT2D eigenvalue weighted by Gasteiger charge is 2.21. The zero-order valence-corrected chi connectivity index (χ0v) is 14.5. The molecule has 0 aromatic heterocycles. The molecule has 0 unspecified atom stereocenters. The number of hydrogen-bond acceptors (Lipinski definition) is 4. The first-order valence-corrected chi connectivity index (χ1v) is 9.11. The summed E-state index contributed by atoms with van der Waals surface area (Å²) in [7, 11) is 0. The average Bonchev–Trinajstić information content (AvgIpc) is 2.42. The second kappa shape index (κ2) is 8.34. The van der Waals surface area contributed by atoms with E-state index in [0.29, 0.717) is 24.4 Å². The minimum atomic E-state index is -0.452. The SMILES string of the molecule is CC(C)COC(=O)C1=C(C(=O)OCC(C)C)C=IC=C1. The van der Waals surface area contributed by atoms with E-state index in [1.54, 1.807) is 6.08 Å². The molecular weight excluding hydrogens is 371 g/mol. The summed E-state index contributed by atoms with van der Waals surface area (Å²) in [6, 6.07) is 0. The Balaban J connectivity index is 2.81. The van der Waals surface area contributed by atoms with Crippen molar-refractivity contribution in [3.05, 3.63) is 21.3 Å². The second-order valence-electron chi connectivity index (χ2n) is 5.34. The van der Waals surface area contributed by atoms with E-state index in [4.69, 9.17) is 9.47 Å². The third-order valence-corrected chi connectivity index (χ3v) is 4.06. The molecule has 0 radical (unpaired) electrons. The van der Waals surface area contributed by atoms with Crippen molar-refractivity contribution in [1.82, 2.24) is 0 Å². The van der Waals surface area contributed by atoms with Crippen LogP contribution in [0.15, 0.2) is 21.3 Å². The fourth-order valence-corrected chi connectivity index (χ4v) is 3.04. The standard InChI is InChI=1S/C15H21IO4/c1-10(2)8-19-14(17)12-5-6-16-7-13(12)15(18)20-9-11(3)4/h5-7,10-11H,8-9H2,1-4H3. The summed E-state index contributed by atoms with van der Waals surface area (Å²) in [6.45, 7) is 8.57. The number of hydrogen-bond donors (Lipinski definition) is 0. The van der Waals surface area contributed by atoms with Crippen LogP contribution < -0.4 is 0 Å². The molecule has 4 nitrogen and oxygen atoms in total. The summed E-state index contributed by atoms with van der Waals surface area (Å²) in [4.78, 5) is 24.0. The predicted molar refractivity (Wildman–Crippen MR) is 87.8 cm³/mol. The van der Waals surface area contributed by atoms with Crippen LogP contribution in [0.25, 0.3) is 0 Å². The summed E-state index contributed by atoms with van der Waals surface area (Å²) >= 11 is -0.334. The molecule has 1 aliphatic rings. The van der Waals surface area contributed by atoms with Gasteiger partial charge in [-0.15, -0.1) is 0 Å². The maximum absolute atomic E-state index is 12.0. The molecule has 0 spiro atoms. The van der Waals surface area contributed by atoms with Crippen molar-refractivity contribution in [3.8, 4) is 0 Å². The van der Waals surface area contributed by atoms with Gasteiger partial charge in [0.05, 0.1) is 24.4 Å². The van der Waals surface area contributed by atoms with Gasteiger partial charge in [0.1, 0.15) is 0 Å². The Hall–Kier alpha value is -0.980. The number of rotatable bonds is 6. The molecule has 0 fully saturated rings. The molecule has 0 saturated heterocycles. The molecule has 1 aliphatic heterocycles. The number of carbonyl (C=O) groups excluding carboxylic acids is 2. The molecular formula is C15H21IO4. The molecule has 1 rings (SSSR count). The summed E-state index contributed by atoms with van der Waals surface area (Å²) in [5, 5.41) is 0. The van der Waals surface area contributed by atoms with Gasteiger partial charge in [-0.2, -0.15) is 0 Å². The fourth-order valence-electron chi connectivity index (χ4n) is 1.32. The maximum atomic E-state index is 12.0. The smallest absolute Gasteiger partial charge is 0.339 e. The van der Waals surface area contributed by atoms with Crippen LogP contribution in [-0.4, -0.2) is 29.2 Å². The van der Waals surface area contributed by atoms with Crippen LogP contribution in [0.5, 0.6) is 0 Å². The zero-order chi connectivity index (χ0) is 15.1. The van der Waals surface area contributed by atoms with Crippen molar-refractivity contribution < 1.29 is 19.1 Å². The molecule has 0 atom stereocenters. The lowest BCUT2D eigenvalue weighted by Gasteiger charge is -2.13. The van der Waals surface area contributed by atoms with Gasteiger partial charge in [0.2, 0.25) is 0 Å². The Morgan fingerprint density at radius 2 is 1.50 bits per heavy atom. The summed E-state index contributed by atoms with van der Waals surface area (Å²) in [5.41, 5.74) is 0.667. The van der Waals surface area contributed by atoms with E-state index < -0.39 is 11.9 Å². The van der Waals surface area contributed by atoms with Crippen molar-refractivity contribution in [1.29, 1.82) is 0 Å². The number of carbonyl (C=O) groups is 2. The van der Waals surface area contributed by atoms with Crippen molar-refractivity contribution in [2.45, 2.75) is 27.7 Å². The first kappa shape index (κ1) is 17.1. The highest BCUT2D eigenvalue weighted by atomic mass is 127.